The molecule has 0 aliphatic heterocycles. The highest BCUT2D eigenvalue weighted by atomic mass is 16.4. The number of H-pyrrole nitrogens is 1. The van der Waals surface area contributed by atoms with Crippen LogP contribution in [-0.2, 0) is 52.8 Å². The van der Waals surface area contributed by atoms with Gasteiger partial charge in [0, 0.05) is 36.4 Å². The predicted octanol–water partition coefficient (Wildman–Crippen LogP) is -2.14. The summed E-state index contributed by atoms with van der Waals surface area (Å²) in [6.45, 7) is -0.632. The highest BCUT2D eigenvalue weighted by molar-refractivity contribution is 5.96. The van der Waals surface area contributed by atoms with Crippen LogP contribution in [0.2, 0.25) is 0 Å². The molecule has 0 aliphatic rings. The van der Waals surface area contributed by atoms with Gasteiger partial charge < -0.3 is 63.0 Å². The third-order valence-corrected chi connectivity index (χ3v) is 9.12. The molecule has 19 nitrogen and oxygen atoms in total. The number of benzene rings is 3. The van der Waals surface area contributed by atoms with E-state index in [0.29, 0.717) is 16.7 Å². The molecule has 13 N–H and O–H groups in total. The van der Waals surface area contributed by atoms with E-state index in [1.165, 1.54) is 31.2 Å². The van der Waals surface area contributed by atoms with Gasteiger partial charge in [-0.3, -0.25) is 28.8 Å². The standard InChI is InChI=1S/C40H48N8O11/c1-22(50)35(40(58)59)48-39(57)32(17-25-18-42-29-10-6-5-9-27(25)29)47-38(56)31(15-23-7-3-2-4-8-23)46-37(55)30(16-24-11-13-26(51)14-12-24)45-34(53)20-43-33(52)19-44-36(54)28(41)21-49/h2-14,18,22,28,30-32,35,42,49-51H,15-17,19-21,41H2,1H3,(H,43,52)(H,44,54)(H,45,53)(H,46,55)(H,47,56)(H,48,57)(H,58,59)/t22-,28+,30+,31+,32+,35+/m1/s1. The lowest BCUT2D eigenvalue weighted by Gasteiger charge is -2.27. The molecule has 314 valence electrons. The summed E-state index contributed by atoms with van der Waals surface area (Å²) < 4.78 is 0. The van der Waals surface area contributed by atoms with Gasteiger partial charge >= 0.3 is 5.97 Å². The summed E-state index contributed by atoms with van der Waals surface area (Å²) >= 11 is 0. The van der Waals surface area contributed by atoms with Gasteiger partial charge in [-0.25, -0.2) is 4.79 Å². The summed E-state index contributed by atoms with van der Waals surface area (Å²) in [7, 11) is 0. The third-order valence-electron chi connectivity index (χ3n) is 9.12. The zero-order chi connectivity index (χ0) is 43.1. The molecule has 3 aromatic carbocycles. The Morgan fingerprint density at radius 1 is 0.661 bits per heavy atom. The van der Waals surface area contributed by atoms with Crippen molar-refractivity contribution in [3.8, 4) is 5.75 Å². The van der Waals surface area contributed by atoms with Crippen molar-refractivity contribution in [2.75, 3.05) is 19.7 Å². The number of hydrogen-bond acceptors (Lipinski definition) is 11. The van der Waals surface area contributed by atoms with Crippen molar-refractivity contribution in [1.29, 1.82) is 0 Å². The molecule has 0 aliphatic carbocycles. The van der Waals surface area contributed by atoms with Gasteiger partial charge in [-0.05, 0) is 41.8 Å². The normalized spacial score (nSPS) is 14.0. The number of aromatic amines is 1. The van der Waals surface area contributed by atoms with E-state index in [4.69, 9.17) is 10.8 Å². The number of nitrogens with one attached hydrogen (secondary N) is 7. The number of para-hydroxylation sites is 1. The van der Waals surface area contributed by atoms with E-state index in [0.717, 1.165) is 10.9 Å². The Morgan fingerprint density at radius 3 is 1.81 bits per heavy atom. The van der Waals surface area contributed by atoms with Crippen LogP contribution < -0.4 is 37.6 Å². The van der Waals surface area contributed by atoms with E-state index < -0.39 is 97.4 Å². The number of carboxylic acids is 1. The maximum Gasteiger partial charge on any atom is 0.328 e. The van der Waals surface area contributed by atoms with Gasteiger partial charge in [0.05, 0.1) is 25.8 Å². The number of aliphatic hydroxyl groups is 2. The maximum absolute atomic E-state index is 14.2. The third kappa shape index (κ3) is 13.7. The summed E-state index contributed by atoms with van der Waals surface area (Å²) in [6, 6.07) is 14.5. The van der Waals surface area contributed by atoms with Crippen LogP contribution >= 0.6 is 0 Å². The van der Waals surface area contributed by atoms with Crippen molar-refractivity contribution in [2.24, 2.45) is 5.73 Å². The molecule has 4 aromatic rings. The highest BCUT2D eigenvalue weighted by Gasteiger charge is 2.33. The SMILES string of the molecule is C[C@@H](O)[C@H](NC(=O)[C@H](Cc1c[nH]c2ccccc12)NC(=O)[C@H](Cc1ccccc1)NC(=O)[C@H](Cc1ccc(O)cc1)NC(=O)CNC(=O)CNC(=O)[C@@H](N)CO)C(=O)O. The Morgan fingerprint density at radius 2 is 1.20 bits per heavy atom. The summed E-state index contributed by atoms with van der Waals surface area (Å²) in [6.07, 6.45) is -0.194. The first-order valence-electron chi connectivity index (χ1n) is 18.5. The predicted molar refractivity (Wildman–Crippen MR) is 212 cm³/mol. The zero-order valence-corrected chi connectivity index (χ0v) is 32.0. The number of amides is 6. The number of rotatable bonds is 21. The van der Waals surface area contributed by atoms with E-state index in [1.807, 2.05) is 6.07 Å². The molecular formula is C40H48N8O11. The number of aromatic nitrogens is 1. The number of hydrogen-bond donors (Lipinski definition) is 12. The Bertz CT molecular complexity index is 2090. The number of aliphatic carboxylic acids is 1. The van der Waals surface area contributed by atoms with Crippen molar-refractivity contribution in [1.82, 2.24) is 36.9 Å². The van der Waals surface area contributed by atoms with Crippen molar-refractivity contribution in [3.63, 3.8) is 0 Å². The quantitative estimate of drug-likeness (QED) is 0.0429. The summed E-state index contributed by atoms with van der Waals surface area (Å²) in [5.74, 6) is -6.53. The molecular weight excluding hydrogens is 768 g/mol. The van der Waals surface area contributed by atoms with E-state index >= 15 is 0 Å². The molecule has 0 saturated carbocycles. The molecule has 1 aromatic heterocycles. The molecule has 19 heteroatoms. The fourth-order valence-electron chi connectivity index (χ4n) is 5.92. The Balaban J connectivity index is 1.58. The summed E-state index contributed by atoms with van der Waals surface area (Å²) in [5, 5.41) is 54.0. The molecule has 1 heterocycles. The number of carbonyl (C=O) groups excluding carboxylic acids is 6. The van der Waals surface area contributed by atoms with Gasteiger partial charge in [-0.1, -0.05) is 60.7 Å². The van der Waals surface area contributed by atoms with Crippen molar-refractivity contribution in [3.05, 3.63) is 102 Å². The van der Waals surface area contributed by atoms with E-state index in [-0.39, 0.29) is 25.0 Å². The fraction of sp³-hybridized carbons (Fsp3) is 0.325. The van der Waals surface area contributed by atoms with Crippen LogP contribution in [0.4, 0.5) is 0 Å². The second kappa shape index (κ2) is 21.6. The zero-order valence-electron chi connectivity index (χ0n) is 32.0. The van der Waals surface area contributed by atoms with Crippen molar-refractivity contribution >= 4 is 52.3 Å². The maximum atomic E-state index is 14.2. The van der Waals surface area contributed by atoms with E-state index in [9.17, 15) is 48.9 Å². The number of aliphatic hydroxyl groups excluding tert-OH is 2. The molecule has 0 saturated heterocycles. The van der Waals surface area contributed by atoms with Gasteiger partial charge in [0.1, 0.15) is 29.9 Å². The van der Waals surface area contributed by atoms with Crippen LogP contribution in [0.25, 0.3) is 10.9 Å². The number of fused-ring (bicyclic) bond motifs is 1. The lowest BCUT2D eigenvalue weighted by Crippen LogP contribution is -2.60. The Labute approximate surface area is 338 Å². The number of carboxylic acid groups (broad SMARTS) is 1. The topological polar surface area (TPSA) is 314 Å². The van der Waals surface area contributed by atoms with E-state index in [2.05, 4.69) is 36.9 Å². The van der Waals surface area contributed by atoms with Crippen molar-refractivity contribution < 1.29 is 54.0 Å². The van der Waals surface area contributed by atoms with Crippen LogP contribution in [-0.4, -0.2) is 123 Å². The summed E-state index contributed by atoms with van der Waals surface area (Å²) in [4.78, 5) is 94.2. The Kier molecular flexibility index (Phi) is 16.5. The minimum atomic E-state index is -1.71. The minimum absolute atomic E-state index is 0.0533. The molecule has 6 amide bonds. The average molecular weight is 817 g/mol. The second-order valence-electron chi connectivity index (χ2n) is 13.7. The fourth-order valence-corrected chi connectivity index (χ4v) is 5.92. The second-order valence-corrected chi connectivity index (χ2v) is 13.7. The van der Waals surface area contributed by atoms with Crippen LogP contribution in [0, 0.1) is 0 Å². The van der Waals surface area contributed by atoms with Crippen LogP contribution in [0.1, 0.15) is 23.6 Å². The first kappa shape index (κ1) is 44.9. The molecule has 0 bridgehead atoms. The van der Waals surface area contributed by atoms with Crippen LogP contribution in [0.3, 0.4) is 0 Å². The number of nitrogens with two attached hydrogens (primary N) is 1. The van der Waals surface area contributed by atoms with Gasteiger partial charge in [0.2, 0.25) is 35.4 Å². The first-order valence-corrected chi connectivity index (χ1v) is 18.5. The number of carbonyl (C=O) groups is 7. The highest BCUT2D eigenvalue weighted by Crippen LogP contribution is 2.20. The smallest absolute Gasteiger partial charge is 0.328 e. The molecule has 0 fully saturated rings. The first-order chi connectivity index (χ1) is 28.1. The molecule has 0 unspecified atom stereocenters. The molecule has 6 atom stereocenters. The molecule has 0 spiro atoms. The van der Waals surface area contributed by atoms with E-state index in [1.54, 1.807) is 54.7 Å². The monoisotopic (exact) mass is 816 g/mol. The van der Waals surface area contributed by atoms with Gasteiger partial charge in [0.15, 0.2) is 6.04 Å². The lowest BCUT2D eigenvalue weighted by atomic mass is 10.0. The Hall–Kier alpha value is -6.83. The van der Waals surface area contributed by atoms with Crippen LogP contribution in [0.5, 0.6) is 5.75 Å². The molecule has 4 rings (SSSR count). The molecule has 59 heavy (non-hydrogen) atoms. The van der Waals surface area contributed by atoms with Gasteiger partial charge in [-0.2, -0.15) is 0 Å². The van der Waals surface area contributed by atoms with Crippen molar-refractivity contribution in [2.45, 2.75) is 62.5 Å². The van der Waals surface area contributed by atoms with Crippen LogP contribution in [0.15, 0.2) is 85.1 Å². The summed E-state index contributed by atoms with van der Waals surface area (Å²) in [5.41, 5.74) is 7.87. The van der Waals surface area contributed by atoms with Gasteiger partial charge in [-0.15, -0.1) is 0 Å². The minimum Gasteiger partial charge on any atom is -0.508 e. The lowest BCUT2D eigenvalue weighted by molar-refractivity contribution is -0.145. The van der Waals surface area contributed by atoms with Gasteiger partial charge in [0.25, 0.3) is 0 Å². The number of phenols is 1. The molecule has 0 radical (unpaired) electrons. The number of aromatic hydroxyl groups is 1. The average Bonchev–Trinajstić information content (AvgIpc) is 3.63. The number of phenolic OH excluding ortho intramolecular Hbond substituents is 1. The largest absolute Gasteiger partial charge is 0.508 e.